The molecule has 3 N–H and O–H groups in total. The molecule has 0 saturated heterocycles. The highest BCUT2D eigenvalue weighted by Crippen LogP contribution is 2.61. The SMILES string of the molecule is CC(NC(=O)Cn1c(N)nc(C#N)c1C#N)C12CC3CC(CC(C3)C1)C2. The first-order valence-corrected chi connectivity index (χ1v) is 9.39. The molecule has 0 spiro atoms. The molecule has 5 rings (SSSR count). The minimum atomic E-state index is -0.182. The number of aromatic nitrogens is 2. The second-order valence-electron chi connectivity index (χ2n) is 8.55. The van der Waals surface area contributed by atoms with Crippen LogP contribution in [-0.4, -0.2) is 21.5 Å². The van der Waals surface area contributed by atoms with Gasteiger partial charge in [0.2, 0.25) is 11.9 Å². The lowest BCUT2D eigenvalue weighted by Crippen LogP contribution is -2.56. The van der Waals surface area contributed by atoms with E-state index in [1.165, 1.54) is 43.1 Å². The van der Waals surface area contributed by atoms with Crippen LogP contribution in [0.15, 0.2) is 0 Å². The van der Waals surface area contributed by atoms with E-state index < -0.39 is 0 Å². The number of hydrogen-bond acceptors (Lipinski definition) is 5. The average Bonchev–Trinajstić information content (AvgIpc) is 2.88. The van der Waals surface area contributed by atoms with E-state index >= 15 is 0 Å². The quantitative estimate of drug-likeness (QED) is 0.857. The molecule has 1 aromatic rings. The van der Waals surface area contributed by atoms with Gasteiger partial charge in [0.1, 0.15) is 18.7 Å². The summed E-state index contributed by atoms with van der Waals surface area (Å²) in [5, 5.41) is 21.4. The minimum Gasteiger partial charge on any atom is -0.369 e. The fourth-order valence-electron chi connectivity index (χ4n) is 6.11. The zero-order valence-electron chi connectivity index (χ0n) is 15.0. The number of nitrogens with two attached hydrogens (primary N) is 1. The molecule has 7 heteroatoms. The van der Waals surface area contributed by atoms with Gasteiger partial charge in [0, 0.05) is 6.04 Å². The molecule has 0 radical (unpaired) electrons. The highest BCUT2D eigenvalue weighted by atomic mass is 16.2. The second-order valence-corrected chi connectivity index (χ2v) is 8.55. The van der Waals surface area contributed by atoms with E-state index in [0.29, 0.717) is 0 Å². The van der Waals surface area contributed by atoms with Crippen LogP contribution in [0.25, 0.3) is 0 Å². The molecule has 4 aliphatic rings. The van der Waals surface area contributed by atoms with Crippen molar-refractivity contribution >= 4 is 11.9 Å². The van der Waals surface area contributed by atoms with Crippen LogP contribution in [0, 0.1) is 45.8 Å². The Balaban J connectivity index is 1.47. The number of imidazole rings is 1. The lowest BCUT2D eigenvalue weighted by atomic mass is 9.48. The first-order valence-electron chi connectivity index (χ1n) is 9.39. The molecule has 0 aromatic carbocycles. The number of anilines is 1. The number of nitriles is 2. The van der Waals surface area contributed by atoms with Gasteiger partial charge in [-0.25, -0.2) is 4.98 Å². The standard InChI is InChI=1S/C19H24N6O/c1-11(19-5-12-2-13(6-19)4-14(3-12)7-19)23-17(26)10-25-16(9-21)15(8-20)24-18(25)22/h11-14H,2-7,10H2,1H3,(H2,22,24)(H,23,26). The minimum absolute atomic E-state index is 0.0238. The third-order valence-corrected chi connectivity index (χ3v) is 6.89. The van der Waals surface area contributed by atoms with Crippen molar-refractivity contribution in [1.29, 1.82) is 10.5 Å². The summed E-state index contributed by atoms with van der Waals surface area (Å²) in [6.45, 7) is 2.04. The number of carbonyl (C=O) groups excluding carboxylic acids is 1. The third-order valence-electron chi connectivity index (χ3n) is 6.89. The van der Waals surface area contributed by atoms with Gasteiger partial charge in [-0.3, -0.25) is 9.36 Å². The van der Waals surface area contributed by atoms with E-state index in [-0.39, 0.29) is 41.2 Å². The van der Waals surface area contributed by atoms with Crippen molar-refractivity contribution < 1.29 is 4.79 Å². The molecule has 1 atom stereocenters. The molecule has 1 unspecified atom stereocenters. The van der Waals surface area contributed by atoms with Gasteiger partial charge < -0.3 is 11.1 Å². The van der Waals surface area contributed by atoms with Crippen LogP contribution in [-0.2, 0) is 11.3 Å². The van der Waals surface area contributed by atoms with E-state index in [9.17, 15) is 10.1 Å². The first-order chi connectivity index (χ1) is 12.4. The Morgan fingerprint density at radius 1 is 1.27 bits per heavy atom. The van der Waals surface area contributed by atoms with Crippen molar-refractivity contribution in [2.75, 3.05) is 5.73 Å². The summed E-state index contributed by atoms with van der Waals surface area (Å²) >= 11 is 0. The van der Waals surface area contributed by atoms with Crippen LogP contribution in [0.4, 0.5) is 5.95 Å². The number of nitrogens with one attached hydrogen (secondary N) is 1. The fourth-order valence-corrected chi connectivity index (χ4v) is 6.11. The molecule has 0 aliphatic heterocycles. The largest absolute Gasteiger partial charge is 0.369 e. The Hall–Kier alpha value is -2.54. The molecule has 4 aliphatic carbocycles. The molecule has 4 fully saturated rings. The number of rotatable bonds is 4. The van der Waals surface area contributed by atoms with Gasteiger partial charge in [-0.1, -0.05) is 0 Å². The van der Waals surface area contributed by atoms with Crippen LogP contribution in [0.5, 0.6) is 0 Å². The van der Waals surface area contributed by atoms with Crippen molar-refractivity contribution in [3.8, 4) is 12.1 Å². The summed E-state index contributed by atoms with van der Waals surface area (Å²) in [6.07, 6.45) is 7.76. The van der Waals surface area contributed by atoms with Gasteiger partial charge in [-0.2, -0.15) is 10.5 Å². The Kier molecular flexibility index (Phi) is 3.91. The first kappa shape index (κ1) is 16.9. The predicted molar refractivity (Wildman–Crippen MR) is 94.3 cm³/mol. The molecule has 1 heterocycles. The molecule has 7 nitrogen and oxygen atoms in total. The van der Waals surface area contributed by atoms with Crippen molar-refractivity contribution in [3.05, 3.63) is 11.4 Å². The van der Waals surface area contributed by atoms with Crippen molar-refractivity contribution in [2.24, 2.45) is 23.2 Å². The summed E-state index contributed by atoms with van der Waals surface area (Å²) in [5.74, 6) is 2.32. The van der Waals surface area contributed by atoms with Gasteiger partial charge in [0.15, 0.2) is 11.4 Å². The van der Waals surface area contributed by atoms with E-state index in [2.05, 4.69) is 17.2 Å². The lowest BCUT2D eigenvalue weighted by molar-refractivity contribution is -0.126. The number of carbonyl (C=O) groups is 1. The molecule has 4 bridgehead atoms. The maximum absolute atomic E-state index is 12.6. The zero-order chi connectivity index (χ0) is 18.5. The van der Waals surface area contributed by atoms with Crippen LogP contribution in [0.3, 0.4) is 0 Å². The molecular formula is C19H24N6O. The summed E-state index contributed by atoms with van der Waals surface area (Å²) < 4.78 is 1.32. The van der Waals surface area contributed by atoms with Crippen molar-refractivity contribution in [2.45, 2.75) is 58.0 Å². The fraction of sp³-hybridized carbons (Fsp3) is 0.684. The predicted octanol–water partition coefficient (Wildman–Crippen LogP) is 1.93. The highest BCUT2D eigenvalue weighted by Gasteiger charge is 2.53. The third kappa shape index (κ3) is 2.63. The van der Waals surface area contributed by atoms with E-state index in [1.54, 1.807) is 0 Å². The van der Waals surface area contributed by atoms with Gasteiger partial charge in [0.05, 0.1) is 0 Å². The smallest absolute Gasteiger partial charge is 0.240 e. The normalized spacial score (nSPS) is 32.7. The molecule has 4 saturated carbocycles. The number of nitrogens with zero attached hydrogens (tertiary/aromatic N) is 4. The highest BCUT2D eigenvalue weighted by molar-refractivity contribution is 5.77. The van der Waals surface area contributed by atoms with Gasteiger partial charge in [0.25, 0.3) is 0 Å². The van der Waals surface area contributed by atoms with Crippen LogP contribution in [0.1, 0.15) is 56.8 Å². The molecule has 136 valence electrons. The Morgan fingerprint density at radius 3 is 2.35 bits per heavy atom. The summed E-state index contributed by atoms with van der Waals surface area (Å²) in [5.41, 5.74) is 6.02. The van der Waals surface area contributed by atoms with E-state index in [1.807, 2.05) is 12.1 Å². The number of amides is 1. The van der Waals surface area contributed by atoms with Crippen LogP contribution < -0.4 is 11.1 Å². The Morgan fingerprint density at radius 2 is 1.85 bits per heavy atom. The van der Waals surface area contributed by atoms with E-state index in [0.717, 1.165) is 17.8 Å². The average molecular weight is 352 g/mol. The van der Waals surface area contributed by atoms with Crippen LogP contribution in [0.2, 0.25) is 0 Å². The molecule has 1 amide bonds. The molecule has 1 aromatic heterocycles. The Bertz CT molecular complexity index is 791. The maximum Gasteiger partial charge on any atom is 0.240 e. The summed E-state index contributed by atoms with van der Waals surface area (Å²) in [6, 6.07) is 3.87. The number of hydrogen-bond donors (Lipinski definition) is 2. The summed E-state index contributed by atoms with van der Waals surface area (Å²) in [4.78, 5) is 16.5. The van der Waals surface area contributed by atoms with Gasteiger partial charge >= 0.3 is 0 Å². The topological polar surface area (TPSA) is 121 Å². The lowest BCUT2D eigenvalue weighted by Gasteiger charge is -2.59. The van der Waals surface area contributed by atoms with Crippen molar-refractivity contribution in [3.63, 3.8) is 0 Å². The molecule has 26 heavy (non-hydrogen) atoms. The second kappa shape index (κ2) is 6.02. The Labute approximate surface area is 153 Å². The maximum atomic E-state index is 12.6. The summed E-state index contributed by atoms with van der Waals surface area (Å²) in [7, 11) is 0. The van der Waals surface area contributed by atoms with Gasteiger partial charge in [-0.15, -0.1) is 0 Å². The van der Waals surface area contributed by atoms with Gasteiger partial charge in [-0.05, 0) is 68.6 Å². The molecular weight excluding hydrogens is 328 g/mol. The van der Waals surface area contributed by atoms with Crippen molar-refractivity contribution in [1.82, 2.24) is 14.9 Å². The van der Waals surface area contributed by atoms with Crippen LogP contribution >= 0.6 is 0 Å². The monoisotopic (exact) mass is 352 g/mol. The number of nitrogen functional groups attached to an aromatic ring is 1. The zero-order valence-corrected chi connectivity index (χ0v) is 15.0. The van der Waals surface area contributed by atoms with E-state index in [4.69, 9.17) is 11.0 Å².